The van der Waals surface area contributed by atoms with Gasteiger partial charge in [-0.15, -0.1) is 0 Å². The molecule has 2 rings (SSSR count). The summed E-state index contributed by atoms with van der Waals surface area (Å²) in [4.78, 5) is 0. The van der Waals surface area contributed by atoms with Gasteiger partial charge >= 0.3 is 0 Å². The zero-order chi connectivity index (χ0) is 16.4. The first-order chi connectivity index (χ1) is 9.35. The Kier molecular flexibility index (Phi) is 26.6. The monoisotopic (exact) mass is 286 g/mol. The highest BCUT2D eigenvalue weighted by molar-refractivity contribution is 4.65. The Hall–Kier alpha value is 0. The third kappa shape index (κ3) is 52.0. The van der Waals surface area contributed by atoms with Crippen LogP contribution in [0.3, 0.4) is 0 Å². The van der Waals surface area contributed by atoms with Crippen molar-refractivity contribution in [3.8, 4) is 0 Å². The highest BCUT2D eigenvalue weighted by Crippen LogP contribution is 2.26. The van der Waals surface area contributed by atoms with Crippen LogP contribution in [-0.4, -0.2) is 0 Å². The van der Waals surface area contributed by atoms with Crippen molar-refractivity contribution in [1.29, 1.82) is 0 Å². The van der Waals surface area contributed by atoms with Gasteiger partial charge in [0, 0.05) is 0 Å². The van der Waals surface area contributed by atoms with E-state index in [0.717, 1.165) is 17.8 Å². The second-order valence-corrected chi connectivity index (χ2v) is 7.16. The van der Waals surface area contributed by atoms with E-state index in [2.05, 4.69) is 62.3 Å². The summed E-state index contributed by atoms with van der Waals surface area (Å²) < 4.78 is 0. The molecule has 0 bridgehead atoms. The molecule has 0 nitrogen and oxygen atoms in total. The zero-order valence-electron chi connectivity index (χ0n) is 16.4. The van der Waals surface area contributed by atoms with Crippen molar-refractivity contribution in [3.63, 3.8) is 0 Å². The minimum absolute atomic E-state index is 0.833. The fourth-order valence-corrected chi connectivity index (χ4v) is 0.779. The quantitative estimate of drug-likeness (QED) is 0.456. The van der Waals surface area contributed by atoms with Gasteiger partial charge in [-0.3, -0.25) is 0 Å². The van der Waals surface area contributed by atoms with Crippen LogP contribution in [-0.2, 0) is 0 Å². The summed E-state index contributed by atoms with van der Waals surface area (Å²) in [5.41, 5.74) is 0. The van der Waals surface area contributed by atoms with Gasteiger partial charge in [-0.1, -0.05) is 114 Å². The molecule has 2 aliphatic carbocycles. The van der Waals surface area contributed by atoms with Gasteiger partial charge in [-0.2, -0.15) is 0 Å². The molecule has 0 aromatic rings. The first-order valence-corrected chi connectivity index (χ1v) is 9.35. The summed E-state index contributed by atoms with van der Waals surface area (Å²) in [6.07, 6.45) is 11.3. The van der Waals surface area contributed by atoms with E-state index in [1.807, 2.05) is 0 Å². The molecule has 126 valence electrons. The molecule has 0 unspecified atom stereocenters. The van der Waals surface area contributed by atoms with E-state index < -0.39 is 0 Å². The maximum Gasteiger partial charge on any atom is -0.0443 e. The van der Waals surface area contributed by atoms with Gasteiger partial charge in [0.2, 0.25) is 0 Å². The maximum atomic E-state index is 2.31. The van der Waals surface area contributed by atoms with Crippen LogP contribution >= 0.6 is 0 Å². The molecular weight excluding hydrogens is 240 g/mol. The lowest BCUT2D eigenvalue weighted by Crippen LogP contribution is -2.04. The summed E-state index contributed by atoms with van der Waals surface area (Å²) >= 11 is 0. The molecule has 2 aliphatic rings. The first kappa shape index (κ1) is 25.0. The average Bonchev–Trinajstić information content (AvgIpc) is 3.10. The molecule has 0 heterocycles. The van der Waals surface area contributed by atoms with Crippen LogP contribution in [0.25, 0.3) is 0 Å². The topological polar surface area (TPSA) is 0 Å². The summed E-state index contributed by atoms with van der Waals surface area (Å²) in [6.45, 7) is 19.7. The van der Waals surface area contributed by atoms with Crippen LogP contribution in [0.1, 0.15) is 114 Å². The van der Waals surface area contributed by atoms with Crippen LogP contribution in [0.5, 0.6) is 0 Å². The lowest BCUT2D eigenvalue weighted by molar-refractivity contribution is 0.346. The molecule has 2 fully saturated rings. The molecule has 0 heteroatoms. The van der Waals surface area contributed by atoms with Gasteiger partial charge in [0.05, 0.1) is 0 Å². The van der Waals surface area contributed by atoms with E-state index in [4.69, 9.17) is 0 Å². The minimum atomic E-state index is 0.833. The highest BCUT2D eigenvalue weighted by Gasteiger charge is 2.12. The highest BCUT2D eigenvalue weighted by atomic mass is 14.2. The summed E-state index contributed by atoms with van der Waals surface area (Å²) in [7, 11) is 0. The predicted octanol–water partition coefficient (Wildman–Crippen LogP) is 8.11. The Morgan fingerprint density at radius 3 is 0.900 bits per heavy atom. The molecule has 20 heavy (non-hydrogen) atoms. The molecule has 0 N–H and O–H groups in total. The van der Waals surface area contributed by atoms with Crippen LogP contribution in [0.2, 0.25) is 0 Å². The molecule has 0 aromatic carbocycles. The lowest BCUT2D eigenvalue weighted by atomic mass is 9.88. The third-order valence-electron chi connectivity index (χ3n) is 2.76. The van der Waals surface area contributed by atoms with Crippen molar-refractivity contribution in [2.75, 3.05) is 0 Å². The van der Waals surface area contributed by atoms with Gasteiger partial charge in [0.25, 0.3) is 0 Å². The SMILES string of the molecule is CC(C)C.CC1CC1.CC1CCC1.CCC.CCCC. The van der Waals surface area contributed by atoms with Crippen LogP contribution < -0.4 is 0 Å². The van der Waals surface area contributed by atoms with E-state index in [1.54, 1.807) is 0 Å². The van der Waals surface area contributed by atoms with Crippen molar-refractivity contribution >= 4 is 0 Å². The standard InChI is InChI=1S/C5H10.C4H8.2C4H10.C3H8/c1-5-3-2-4-5;1-4-2-3-4;1-4(2)3;1-3-4-2;1-3-2/h5H,2-4H2,1H3;4H,2-3H2,1H3;4H,1-3H3;3-4H2,1-2H3;3H2,1-2H3. The van der Waals surface area contributed by atoms with Crippen molar-refractivity contribution in [3.05, 3.63) is 0 Å². The Bertz CT molecular complexity index is 124. The molecule has 0 amide bonds. The van der Waals surface area contributed by atoms with Crippen molar-refractivity contribution < 1.29 is 0 Å². The average molecular weight is 287 g/mol. The van der Waals surface area contributed by atoms with E-state index >= 15 is 0 Å². The van der Waals surface area contributed by atoms with Gasteiger partial charge < -0.3 is 0 Å². The summed E-state index contributed by atoms with van der Waals surface area (Å²) in [5, 5.41) is 0. The number of rotatable bonds is 1. The van der Waals surface area contributed by atoms with Crippen LogP contribution in [0.4, 0.5) is 0 Å². The number of hydrogen-bond donors (Lipinski definition) is 0. The van der Waals surface area contributed by atoms with Crippen LogP contribution in [0.15, 0.2) is 0 Å². The molecule has 0 atom stereocenters. The first-order valence-electron chi connectivity index (χ1n) is 9.35. The molecule has 0 aromatic heterocycles. The third-order valence-corrected chi connectivity index (χ3v) is 2.76. The van der Waals surface area contributed by atoms with E-state index in [9.17, 15) is 0 Å². The molecule has 0 spiro atoms. The van der Waals surface area contributed by atoms with Gasteiger partial charge in [-0.25, -0.2) is 0 Å². The Morgan fingerprint density at radius 1 is 0.700 bits per heavy atom. The normalized spacial score (nSPS) is 15.9. The van der Waals surface area contributed by atoms with Crippen LogP contribution in [0, 0.1) is 17.8 Å². The van der Waals surface area contributed by atoms with Crippen molar-refractivity contribution in [2.45, 2.75) is 114 Å². The molecule has 2 saturated carbocycles. The largest absolute Gasteiger partial charge is 0.0656 e. The maximum absolute atomic E-state index is 2.31. The smallest absolute Gasteiger partial charge is 0.0443 e. The Morgan fingerprint density at radius 2 is 0.900 bits per heavy atom. The Labute approximate surface area is 132 Å². The fraction of sp³-hybridized carbons (Fsp3) is 1.00. The second-order valence-electron chi connectivity index (χ2n) is 7.16. The van der Waals surface area contributed by atoms with Crippen molar-refractivity contribution in [2.24, 2.45) is 17.8 Å². The fourth-order valence-electron chi connectivity index (χ4n) is 0.779. The molecule has 0 radical (unpaired) electrons. The summed E-state index contributed by atoms with van der Waals surface area (Å²) in [6, 6.07) is 0. The predicted molar refractivity (Wildman–Crippen MR) is 98.5 cm³/mol. The van der Waals surface area contributed by atoms with Gasteiger partial charge in [0.15, 0.2) is 0 Å². The lowest BCUT2D eigenvalue weighted by Gasteiger charge is -2.18. The second kappa shape index (κ2) is 21.3. The molecule has 0 aliphatic heterocycles. The van der Waals surface area contributed by atoms with E-state index in [-0.39, 0.29) is 0 Å². The van der Waals surface area contributed by atoms with E-state index in [1.165, 1.54) is 51.4 Å². The van der Waals surface area contributed by atoms with Gasteiger partial charge in [-0.05, 0) is 17.8 Å². The number of hydrogen-bond acceptors (Lipinski definition) is 0. The minimum Gasteiger partial charge on any atom is -0.0656 e. The van der Waals surface area contributed by atoms with E-state index in [0.29, 0.717) is 0 Å². The Balaban J connectivity index is -0.000000183. The molecule has 0 saturated heterocycles. The zero-order valence-corrected chi connectivity index (χ0v) is 16.4. The van der Waals surface area contributed by atoms with Crippen molar-refractivity contribution in [1.82, 2.24) is 0 Å². The molecular formula is C20H46. The number of unbranched alkanes of at least 4 members (excludes halogenated alkanes) is 1. The summed E-state index contributed by atoms with van der Waals surface area (Å²) in [5.74, 6) is 2.98. The van der Waals surface area contributed by atoms with Gasteiger partial charge in [0.1, 0.15) is 0 Å².